The van der Waals surface area contributed by atoms with Gasteiger partial charge in [-0.25, -0.2) is 0 Å². The van der Waals surface area contributed by atoms with Crippen molar-refractivity contribution in [3.63, 3.8) is 0 Å². The third-order valence-electron chi connectivity index (χ3n) is 3.06. The van der Waals surface area contributed by atoms with Crippen LogP contribution in [0, 0.1) is 0 Å². The minimum atomic E-state index is -4.38. The number of halogens is 4. The number of rotatable bonds is 4. The van der Waals surface area contributed by atoms with E-state index >= 15 is 0 Å². The summed E-state index contributed by atoms with van der Waals surface area (Å²) in [6.07, 6.45) is -0.910. The lowest BCUT2D eigenvalue weighted by Crippen LogP contribution is -2.22. The molecule has 0 spiro atoms. The molecule has 1 N–H and O–H groups in total. The summed E-state index contributed by atoms with van der Waals surface area (Å²) < 4.78 is 44.8. The average Bonchev–Trinajstić information content (AvgIpc) is 2.88. The molecule has 2 rings (SSSR count). The minimum absolute atomic E-state index is 0.226. The molecule has 0 saturated carbocycles. The molecule has 6 heteroatoms. The summed E-state index contributed by atoms with van der Waals surface area (Å²) >= 11 is 3.09. The van der Waals surface area contributed by atoms with Crippen LogP contribution in [0.2, 0.25) is 0 Å². The molecule has 0 bridgehead atoms. The highest BCUT2D eigenvalue weighted by Crippen LogP contribution is 2.37. The van der Waals surface area contributed by atoms with Crippen molar-refractivity contribution in [1.29, 1.82) is 0 Å². The summed E-state index contributed by atoms with van der Waals surface area (Å²) in [6.45, 7) is 0. The summed E-state index contributed by atoms with van der Waals surface area (Å²) in [5.74, 6) is 0. The number of hydrogen-bond donors (Lipinski definition) is 1. The van der Waals surface area contributed by atoms with E-state index in [9.17, 15) is 13.2 Å². The van der Waals surface area contributed by atoms with Gasteiger partial charge in [-0.15, -0.1) is 0 Å². The van der Waals surface area contributed by atoms with E-state index in [1.165, 1.54) is 18.6 Å². The van der Waals surface area contributed by atoms with Gasteiger partial charge in [-0.3, -0.25) is 0 Å². The first-order valence-electron chi connectivity index (χ1n) is 5.97. The van der Waals surface area contributed by atoms with Crippen LogP contribution in [0.5, 0.6) is 0 Å². The summed E-state index contributed by atoms with van der Waals surface area (Å²) in [7, 11) is 1.65. The Hall–Kier alpha value is -1.27. The lowest BCUT2D eigenvalue weighted by molar-refractivity contribution is -0.138. The lowest BCUT2D eigenvalue weighted by atomic mass is 9.95. The van der Waals surface area contributed by atoms with Gasteiger partial charge in [0, 0.05) is 10.5 Å². The SMILES string of the molecule is CNC(Cc1ccoc1)c1ccc(Br)cc1C(F)(F)F. The zero-order valence-corrected chi connectivity index (χ0v) is 12.3. The molecule has 1 aromatic heterocycles. The molecular weight excluding hydrogens is 335 g/mol. The van der Waals surface area contributed by atoms with Crippen LogP contribution in [-0.2, 0) is 12.6 Å². The van der Waals surface area contributed by atoms with Crippen LogP contribution >= 0.6 is 15.9 Å². The van der Waals surface area contributed by atoms with Gasteiger partial charge in [0.2, 0.25) is 0 Å². The molecule has 1 unspecified atom stereocenters. The molecule has 0 saturated heterocycles. The van der Waals surface area contributed by atoms with Crippen molar-refractivity contribution in [2.24, 2.45) is 0 Å². The van der Waals surface area contributed by atoms with E-state index in [1.54, 1.807) is 19.2 Å². The van der Waals surface area contributed by atoms with Crippen LogP contribution in [0.4, 0.5) is 13.2 Å². The van der Waals surface area contributed by atoms with Gasteiger partial charge < -0.3 is 9.73 Å². The van der Waals surface area contributed by atoms with Crippen LogP contribution in [0.25, 0.3) is 0 Å². The van der Waals surface area contributed by atoms with Crippen molar-refractivity contribution in [2.45, 2.75) is 18.6 Å². The van der Waals surface area contributed by atoms with Gasteiger partial charge in [0.25, 0.3) is 0 Å². The predicted molar refractivity (Wildman–Crippen MR) is 73.4 cm³/mol. The molecule has 108 valence electrons. The first kappa shape index (κ1) is 15.1. The second-order valence-corrected chi connectivity index (χ2v) is 5.32. The van der Waals surface area contributed by atoms with Crippen LogP contribution in [-0.4, -0.2) is 7.05 Å². The number of likely N-dealkylation sites (N-methyl/N-ethyl adjacent to an activating group) is 1. The largest absolute Gasteiger partial charge is 0.472 e. The third kappa shape index (κ3) is 3.43. The maximum Gasteiger partial charge on any atom is 0.416 e. The van der Waals surface area contributed by atoms with Crippen molar-refractivity contribution >= 4 is 15.9 Å². The Bertz CT molecular complexity index is 566. The van der Waals surface area contributed by atoms with Gasteiger partial charge in [-0.1, -0.05) is 22.0 Å². The first-order chi connectivity index (χ1) is 9.41. The average molecular weight is 348 g/mol. The Morgan fingerprint density at radius 2 is 2.05 bits per heavy atom. The van der Waals surface area contributed by atoms with E-state index in [0.29, 0.717) is 10.9 Å². The molecule has 2 aromatic rings. The fourth-order valence-corrected chi connectivity index (χ4v) is 2.45. The molecule has 20 heavy (non-hydrogen) atoms. The fraction of sp³-hybridized carbons (Fsp3) is 0.286. The highest BCUT2D eigenvalue weighted by atomic mass is 79.9. The second kappa shape index (κ2) is 6.01. The summed E-state index contributed by atoms with van der Waals surface area (Å²) in [5.41, 5.74) is 0.444. The molecule has 0 radical (unpaired) electrons. The van der Waals surface area contributed by atoms with Crippen molar-refractivity contribution in [2.75, 3.05) is 7.05 Å². The Kier molecular flexibility index (Phi) is 4.55. The van der Waals surface area contributed by atoms with E-state index in [4.69, 9.17) is 4.42 Å². The van der Waals surface area contributed by atoms with Gasteiger partial charge in [0.1, 0.15) is 0 Å². The van der Waals surface area contributed by atoms with Crippen molar-refractivity contribution < 1.29 is 17.6 Å². The number of nitrogens with one attached hydrogen (secondary N) is 1. The maximum absolute atomic E-state index is 13.1. The molecule has 0 aliphatic carbocycles. The van der Waals surface area contributed by atoms with Gasteiger partial charge >= 0.3 is 6.18 Å². The number of furan rings is 1. The normalized spacial score (nSPS) is 13.4. The van der Waals surface area contributed by atoms with E-state index in [1.807, 2.05) is 0 Å². The van der Waals surface area contributed by atoms with E-state index < -0.39 is 17.8 Å². The molecular formula is C14H13BrF3NO. The van der Waals surface area contributed by atoms with Crippen LogP contribution < -0.4 is 5.32 Å². The van der Waals surface area contributed by atoms with Crippen molar-refractivity contribution in [1.82, 2.24) is 5.32 Å². The molecule has 1 aromatic carbocycles. The summed E-state index contributed by atoms with van der Waals surface area (Å²) in [5, 5.41) is 2.93. The molecule has 0 fully saturated rings. The minimum Gasteiger partial charge on any atom is -0.472 e. The summed E-state index contributed by atoms with van der Waals surface area (Å²) in [4.78, 5) is 0. The smallest absolute Gasteiger partial charge is 0.416 e. The third-order valence-corrected chi connectivity index (χ3v) is 3.56. The van der Waals surface area contributed by atoms with E-state index in [2.05, 4.69) is 21.2 Å². The van der Waals surface area contributed by atoms with Gasteiger partial charge in [0.05, 0.1) is 18.1 Å². The Morgan fingerprint density at radius 3 is 2.60 bits per heavy atom. The second-order valence-electron chi connectivity index (χ2n) is 4.41. The quantitative estimate of drug-likeness (QED) is 0.876. The van der Waals surface area contributed by atoms with E-state index in [0.717, 1.165) is 11.6 Å². The first-order valence-corrected chi connectivity index (χ1v) is 6.76. The van der Waals surface area contributed by atoms with Gasteiger partial charge in [-0.2, -0.15) is 13.2 Å². The zero-order valence-electron chi connectivity index (χ0n) is 10.7. The van der Waals surface area contributed by atoms with Crippen LogP contribution in [0.1, 0.15) is 22.7 Å². The zero-order chi connectivity index (χ0) is 14.8. The highest BCUT2D eigenvalue weighted by Gasteiger charge is 2.35. The van der Waals surface area contributed by atoms with Crippen LogP contribution in [0.15, 0.2) is 45.7 Å². The topological polar surface area (TPSA) is 25.2 Å². The molecule has 2 nitrogen and oxygen atoms in total. The fourth-order valence-electron chi connectivity index (χ4n) is 2.09. The Labute approximate surface area is 123 Å². The number of benzene rings is 1. The van der Waals surface area contributed by atoms with Gasteiger partial charge in [-0.05, 0) is 42.8 Å². The maximum atomic E-state index is 13.1. The molecule has 0 aliphatic rings. The molecule has 0 aliphatic heterocycles. The summed E-state index contributed by atoms with van der Waals surface area (Å²) in [6, 6.07) is 5.53. The number of hydrogen-bond acceptors (Lipinski definition) is 2. The molecule has 1 heterocycles. The Balaban J connectivity index is 2.38. The highest BCUT2D eigenvalue weighted by molar-refractivity contribution is 9.10. The van der Waals surface area contributed by atoms with E-state index in [-0.39, 0.29) is 5.56 Å². The lowest BCUT2D eigenvalue weighted by Gasteiger charge is -2.21. The van der Waals surface area contributed by atoms with Crippen molar-refractivity contribution in [3.8, 4) is 0 Å². The Morgan fingerprint density at radius 1 is 1.30 bits per heavy atom. The van der Waals surface area contributed by atoms with Crippen LogP contribution in [0.3, 0.4) is 0 Å². The molecule has 0 amide bonds. The predicted octanol–water partition coefficient (Wildman–Crippen LogP) is 4.56. The standard InChI is InChI=1S/C14H13BrF3NO/c1-19-13(6-9-4-5-20-8-9)11-3-2-10(15)7-12(11)14(16,17)18/h2-5,7-8,13,19H,6H2,1H3. The molecule has 1 atom stereocenters. The monoisotopic (exact) mass is 347 g/mol. The number of alkyl halides is 3. The van der Waals surface area contributed by atoms with Gasteiger partial charge in [0.15, 0.2) is 0 Å². The van der Waals surface area contributed by atoms with Crippen molar-refractivity contribution in [3.05, 3.63) is 58.0 Å².